The van der Waals surface area contributed by atoms with Gasteiger partial charge >= 0.3 is 0 Å². The van der Waals surface area contributed by atoms with E-state index in [2.05, 4.69) is 79.4 Å². The van der Waals surface area contributed by atoms with Gasteiger partial charge in [0.1, 0.15) is 0 Å². The van der Waals surface area contributed by atoms with Crippen molar-refractivity contribution in [2.45, 2.75) is 32.0 Å². The van der Waals surface area contributed by atoms with Gasteiger partial charge in [-0.2, -0.15) is 0 Å². The number of rotatable bonds is 5. The Hall–Kier alpha value is -4.10. The van der Waals surface area contributed by atoms with Crippen LogP contribution in [0.15, 0.2) is 73.4 Å². The normalized spacial score (nSPS) is 17.3. The minimum atomic E-state index is 0.206. The van der Waals surface area contributed by atoms with Gasteiger partial charge in [0.2, 0.25) is 0 Å². The van der Waals surface area contributed by atoms with Crippen LogP contribution in [0, 0.1) is 0 Å². The number of imidazole rings is 1. The van der Waals surface area contributed by atoms with Crippen molar-refractivity contribution in [3.05, 3.63) is 84.7 Å². The molecule has 7 nitrogen and oxygen atoms in total. The summed E-state index contributed by atoms with van der Waals surface area (Å²) in [5, 5.41) is 4.82. The third-order valence-corrected chi connectivity index (χ3v) is 7.75. The van der Waals surface area contributed by atoms with Crippen molar-refractivity contribution in [2.75, 3.05) is 25.0 Å². The van der Waals surface area contributed by atoms with Crippen LogP contribution in [0.25, 0.3) is 39.2 Å². The Labute approximate surface area is 216 Å². The van der Waals surface area contributed by atoms with Crippen LogP contribution in [-0.2, 0) is 13.1 Å². The highest BCUT2D eigenvalue weighted by Crippen LogP contribution is 2.37. The van der Waals surface area contributed by atoms with Gasteiger partial charge in [-0.3, -0.25) is 4.98 Å². The van der Waals surface area contributed by atoms with Gasteiger partial charge in [0.05, 0.1) is 34.7 Å². The monoisotopic (exact) mass is 489 g/mol. The van der Waals surface area contributed by atoms with Crippen molar-refractivity contribution in [1.29, 1.82) is 0 Å². The number of nitrogens with one attached hydrogen (secondary N) is 1. The summed E-state index contributed by atoms with van der Waals surface area (Å²) in [6.07, 6.45) is 4.04. The Morgan fingerprint density at radius 3 is 2.84 bits per heavy atom. The number of hydrogen-bond acceptors (Lipinski definition) is 5. The van der Waals surface area contributed by atoms with Crippen LogP contribution in [0.2, 0.25) is 0 Å². The van der Waals surface area contributed by atoms with E-state index in [4.69, 9.17) is 10.7 Å². The van der Waals surface area contributed by atoms with E-state index in [1.54, 1.807) is 0 Å². The molecule has 1 atom stereocenters. The molecule has 0 unspecified atom stereocenters. The highest BCUT2D eigenvalue weighted by molar-refractivity contribution is 5.96. The van der Waals surface area contributed by atoms with E-state index in [1.807, 2.05) is 18.3 Å². The second kappa shape index (κ2) is 8.78. The first-order valence-corrected chi connectivity index (χ1v) is 13.1. The molecule has 0 spiro atoms. The Kier molecular flexibility index (Phi) is 5.25. The fourth-order valence-electron chi connectivity index (χ4n) is 5.94. The largest absolute Gasteiger partial charge is 0.381 e. The van der Waals surface area contributed by atoms with Crippen LogP contribution in [0.5, 0.6) is 0 Å². The van der Waals surface area contributed by atoms with E-state index in [1.165, 1.54) is 10.9 Å². The van der Waals surface area contributed by atoms with Gasteiger partial charge in [0, 0.05) is 60.6 Å². The molecule has 1 saturated heterocycles. The van der Waals surface area contributed by atoms with Crippen molar-refractivity contribution in [2.24, 2.45) is 5.73 Å². The Bertz CT molecular complexity index is 1630. The smallest absolute Gasteiger partial charge is 0.157 e. The summed E-state index contributed by atoms with van der Waals surface area (Å²) in [5.74, 6) is 0.993. The number of nitrogens with two attached hydrogens (primary N) is 1. The highest BCUT2D eigenvalue weighted by Gasteiger charge is 2.25. The maximum atomic E-state index is 6.27. The van der Waals surface area contributed by atoms with Crippen LogP contribution in [0.3, 0.4) is 0 Å². The molecule has 3 aromatic heterocycles. The molecule has 0 amide bonds. The second-order valence-corrected chi connectivity index (χ2v) is 10.2. The Morgan fingerprint density at radius 2 is 1.97 bits per heavy atom. The molecule has 7 rings (SSSR count). The highest BCUT2D eigenvalue weighted by atomic mass is 15.2. The lowest BCUT2D eigenvalue weighted by molar-refractivity contribution is 0.296. The van der Waals surface area contributed by atoms with Crippen molar-refractivity contribution < 1.29 is 0 Å². The summed E-state index contributed by atoms with van der Waals surface area (Å²) in [4.78, 5) is 12.2. The van der Waals surface area contributed by atoms with Crippen LogP contribution < -0.4 is 11.1 Å². The van der Waals surface area contributed by atoms with Crippen molar-refractivity contribution >= 4 is 33.3 Å². The standard InChI is InChI=1S/C30H31N7/c1-20(35-13-6-8-23(31)18-35)22-15-25-29-26(16-22)34-30(36(29)14-12-33-25)28-17-21-7-2-3-10-27(21)37(28)19-24-9-4-5-11-32-24/h2-5,7,9-11,15-17,23,33H,1,6,8,12-14,18-19,31H2/t23-/m1/s1. The molecule has 5 aromatic rings. The summed E-state index contributed by atoms with van der Waals surface area (Å²) in [6, 6.07) is 21.5. The molecule has 2 aromatic carbocycles. The molecular weight excluding hydrogens is 458 g/mol. The molecule has 2 aliphatic heterocycles. The summed E-state index contributed by atoms with van der Waals surface area (Å²) < 4.78 is 4.71. The molecule has 7 heteroatoms. The zero-order valence-electron chi connectivity index (χ0n) is 20.9. The van der Waals surface area contributed by atoms with E-state index in [9.17, 15) is 0 Å². The molecule has 37 heavy (non-hydrogen) atoms. The molecule has 0 bridgehead atoms. The number of nitrogens with zero attached hydrogens (tertiary/aromatic N) is 5. The van der Waals surface area contributed by atoms with Gasteiger partial charge < -0.3 is 25.1 Å². The number of likely N-dealkylation sites (tertiary alicyclic amines) is 1. The number of fused-ring (bicyclic) bond motifs is 1. The molecule has 0 radical (unpaired) electrons. The van der Waals surface area contributed by atoms with Crippen molar-refractivity contribution in [1.82, 2.24) is 24.0 Å². The van der Waals surface area contributed by atoms with Gasteiger partial charge in [-0.1, -0.05) is 30.8 Å². The van der Waals surface area contributed by atoms with Gasteiger partial charge in [0.15, 0.2) is 5.82 Å². The SMILES string of the molecule is C=C(c1cc2c3c(c1)nc(-c1cc4ccccc4n1Cc1ccccn1)n3CCN2)N1CCC[C@@H](N)C1. The van der Waals surface area contributed by atoms with Gasteiger partial charge in [-0.15, -0.1) is 0 Å². The molecule has 3 N–H and O–H groups in total. The third-order valence-electron chi connectivity index (χ3n) is 7.75. The molecule has 0 aliphatic carbocycles. The molecule has 1 fully saturated rings. The van der Waals surface area contributed by atoms with Gasteiger partial charge in [-0.25, -0.2) is 4.98 Å². The Balaban J connectivity index is 1.37. The lowest BCUT2D eigenvalue weighted by Gasteiger charge is -2.34. The Morgan fingerprint density at radius 1 is 1.08 bits per heavy atom. The minimum Gasteiger partial charge on any atom is -0.381 e. The third kappa shape index (κ3) is 3.78. The van der Waals surface area contributed by atoms with Crippen LogP contribution in [0.4, 0.5) is 5.69 Å². The number of aromatic nitrogens is 4. The molecule has 5 heterocycles. The lowest BCUT2D eigenvalue weighted by atomic mass is 10.0. The molecule has 186 valence electrons. The van der Waals surface area contributed by atoms with E-state index >= 15 is 0 Å². The predicted molar refractivity (Wildman–Crippen MR) is 150 cm³/mol. The minimum absolute atomic E-state index is 0.206. The van der Waals surface area contributed by atoms with Crippen LogP contribution in [-0.4, -0.2) is 49.7 Å². The number of para-hydroxylation sites is 1. The first-order chi connectivity index (χ1) is 18.2. The van der Waals surface area contributed by atoms with Crippen LogP contribution in [0.1, 0.15) is 24.1 Å². The average molecular weight is 490 g/mol. The van der Waals surface area contributed by atoms with E-state index in [0.717, 1.165) is 84.2 Å². The fourth-order valence-corrected chi connectivity index (χ4v) is 5.94. The molecular formula is C30H31N7. The first-order valence-electron chi connectivity index (χ1n) is 13.1. The number of hydrogen-bond donors (Lipinski definition) is 2. The lowest BCUT2D eigenvalue weighted by Crippen LogP contribution is -2.41. The summed E-state index contributed by atoms with van der Waals surface area (Å²) in [5.41, 5.74) is 15.0. The van der Waals surface area contributed by atoms with Crippen molar-refractivity contribution in [3.8, 4) is 11.5 Å². The fraction of sp³-hybridized carbons (Fsp3) is 0.267. The number of benzene rings is 2. The summed E-state index contributed by atoms with van der Waals surface area (Å²) in [6.45, 7) is 8.73. The van der Waals surface area contributed by atoms with Crippen LogP contribution >= 0.6 is 0 Å². The topological polar surface area (TPSA) is 76.9 Å². The first kappa shape index (κ1) is 22.1. The number of anilines is 1. The van der Waals surface area contributed by atoms with Gasteiger partial charge in [-0.05, 0) is 49.2 Å². The molecule has 0 saturated carbocycles. The van der Waals surface area contributed by atoms with E-state index in [0.29, 0.717) is 6.54 Å². The van der Waals surface area contributed by atoms with Gasteiger partial charge in [0.25, 0.3) is 0 Å². The quantitative estimate of drug-likeness (QED) is 0.366. The summed E-state index contributed by atoms with van der Waals surface area (Å²) in [7, 11) is 0. The van der Waals surface area contributed by atoms with Crippen molar-refractivity contribution in [3.63, 3.8) is 0 Å². The average Bonchev–Trinajstić information content (AvgIpc) is 3.48. The number of pyridine rings is 1. The zero-order valence-corrected chi connectivity index (χ0v) is 20.9. The predicted octanol–water partition coefficient (Wildman–Crippen LogP) is 4.92. The van der Waals surface area contributed by atoms with E-state index in [-0.39, 0.29) is 6.04 Å². The second-order valence-electron chi connectivity index (χ2n) is 10.2. The van der Waals surface area contributed by atoms with E-state index < -0.39 is 0 Å². The molecule has 2 aliphatic rings. The summed E-state index contributed by atoms with van der Waals surface area (Å²) >= 11 is 0. The number of piperidine rings is 1. The maximum absolute atomic E-state index is 6.27. The maximum Gasteiger partial charge on any atom is 0.157 e. The zero-order chi connectivity index (χ0) is 24.9.